The van der Waals surface area contributed by atoms with Gasteiger partial charge in [0.25, 0.3) is 0 Å². The van der Waals surface area contributed by atoms with Crippen LogP contribution in [0.25, 0.3) is 0 Å². The van der Waals surface area contributed by atoms with E-state index in [2.05, 4.69) is 4.90 Å². The van der Waals surface area contributed by atoms with Crippen LogP contribution < -0.4 is 4.74 Å². The zero-order valence-electron chi connectivity index (χ0n) is 15.6. The van der Waals surface area contributed by atoms with E-state index in [1.807, 2.05) is 36.4 Å². The molecule has 144 valence electrons. The van der Waals surface area contributed by atoms with Crippen LogP contribution in [0.5, 0.6) is 5.75 Å². The van der Waals surface area contributed by atoms with Crippen molar-refractivity contribution in [2.45, 2.75) is 25.7 Å². The van der Waals surface area contributed by atoms with Gasteiger partial charge in [0.15, 0.2) is 0 Å². The quantitative estimate of drug-likeness (QED) is 0.552. The highest BCUT2D eigenvalue weighted by atomic mass is 16.5. The molecule has 1 aromatic carbocycles. The van der Waals surface area contributed by atoms with Crippen LogP contribution in [-0.2, 0) is 22.6 Å². The molecule has 1 unspecified atom stereocenters. The topological polar surface area (TPSA) is 64.3 Å². The second-order valence-corrected chi connectivity index (χ2v) is 6.18. The van der Waals surface area contributed by atoms with E-state index in [9.17, 15) is 5.11 Å². The summed E-state index contributed by atoms with van der Waals surface area (Å²) >= 11 is 0. The van der Waals surface area contributed by atoms with E-state index < -0.39 is 6.10 Å². The van der Waals surface area contributed by atoms with Crippen molar-refractivity contribution in [2.24, 2.45) is 0 Å². The predicted molar refractivity (Wildman–Crippen MR) is 99.1 cm³/mol. The number of aliphatic hydroxyl groups excluding tert-OH is 1. The number of ether oxygens (including phenoxy) is 3. The van der Waals surface area contributed by atoms with Gasteiger partial charge in [-0.3, -0.25) is 4.90 Å². The van der Waals surface area contributed by atoms with Gasteiger partial charge in [-0.2, -0.15) is 0 Å². The van der Waals surface area contributed by atoms with Crippen molar-refractivity contribution in [2.75, 3.05) is 40.5 Å². The van der Waals surface area contributed by atoms with Gasteiger partial charge in [-0.1, -0.05) is 12.1 Å². The Hall–Kier alpha value is -1.86. The Morgan fingerprint density at radius 3 is 2.62 bits per heavy atom. The molecule has 1 heterocycles. The molecule has 2 aromatic rings. The number of aliphatic hydroxyl groups is 1. The molecule has 1 aromatic heterocycles. The average Bonchev–Trinajstić information content (AvgIpc) is 3.16. The summed E-state index contributed by atoms with van der Waals surface area (Å²) in [7, 11) is 3.36. The summed E-state index contributed by atoms with van der Waals surface area (Å²) in [5.74, 6) is 1.60. The second kappa shape index (κ2) is 11.7. The summed E-state index contributed by atoms with van der Waals surface area (Å²) in [6.45, 7) is 3.46. The normalized spacial score (nSPS) is 12.5. The van der Waals surface area contributed by atoms with Gasteiger partial charge < -0.3 is 23.7 Å². The van der Waals surface area contributed by atoms with E-state index in [4.69, 9.17) is 18.6 Å². The maximum Gasteiger partial charge on any atom is 0.129 e. The van der Waals surface area contributed by atoms with Crippen molar-refractivity contribution in [3.8, 4) is 5.75 Å². The standard InChI is InChI=1S/C20H29NO5/c1-23-11-4-10-21(13-17-6-8-19(24-2)9-7-17)14-18(22)15-25-16-20-5-3-12-26-20/h3,5-9,12,18,22H,4,10-11,13-16H2,1-2H3. The monoisotopic (exact) mass is 363 g/mol. The first-order valence-electron chi connectivity index (χ1n) is 8.83. The summed E-state index contributed by atoms with van der Waals surface area (Å²) in [4.78, 5) is 2.21. The molecule has 1 N–H and O–H groups in total. The fourth-order valence-corrected chi connectivity index (χ4v) is 2.70. The highest BCUT2D eigenvalue weighted by Crippen LogP contribution is 2.13. The van der Waals surface area contributed by atoms with Gasteiger partial charge in [0, 0.05) is 33.4 Å². The molecular formula is C20H29NO5. The van der Waals surface area contributed by atoms with E-state index in [1.54, 1.807) is 20.5 Å². The lowest BCUT2D eigenvalue weighted by Gasteiger charge is -2.25. The number of methoxy groups -OCH3 is 2. The maximum atomic E-state index is 10.3. The van der Waals surface area contributed by atoms with Gasteiger partial charge in [0.1, 0.15) is 18.1 Å². The van der Waals surface area contributed by atoms with Crippen molar-refractivity contribution < 1.29 is 23.7 Å². The number of benzene rings is 1. The third-order valence-electron chi connectivity index (χ3n) is 3.99. The van der Waals surface area contributed by atoms with E-state index in [1.165, 1.54) is 5.56 Å². The molecule has 0 amide bonds. The molecule has 0 aliphatic carbocycles. The molecule has 6 nitrogen and oxygen atoms in total. The summed E-state index contributed by atoms with van der Waals surface area (Å²) < 4.78 is 21.1. The number of hydrogen-bond acceptors (Lipinski definition) is 6. The van der Waals surface area contributed by atoms with Gasteiger partial charge >= 0.3 is 0 Å². The van der Waals surface area contributed by atoms with Crippen LogP contribution in [0.4, 0.5) is 0 Å². The Morgan fingerprint density at radius 1 is 1.15 bits per heavy atom. The number of furan rings is 1. The SMILES string of the molecule is COCCCN(Cc1ccc(OC)cc1)CC(O)COCc1ccco1. The largest absolute Gasteiger partial charge is 0.497 e. The summed E-state index contributed by atoms with van der Waals surface area (Å²) in [6, 6.07) is 11.7. The Balaban J connectivity index is 1.81. The zero-order valence-corrected chi connectivity index (χ0v) is 15.6. The molecule has 1 atom stereocenters. The first-order valence-corrected chi connectivity index (χ1v) is 8.83. The first kappa shape index (κ1) is 20.5. The molecule has 0 bridgehead atoms. The predicted octanol–water partition coefficient (Wildman–Crippen LogP) is 2.70. The van der Waals surface area contributed by atoms with Crippen LogP contribution in [0.2, 0.25) is 0 Å². The fourth-order valence-electron chi connectivity index (χ4n) is 2.70. The summed E-state index contributed by atoms with van der Waals surface area (Å²) in [5.41, 5.74) is 1.17. The average molecular weight is 363 g/mol. The smallest absolute Gasteiger partial charge is 0.129 e. The van der Waals surface area contributed by atoms with E-state index in [0.717, 1.165) is 31.0 Å². The maximum absolute atomic E-state index is 10.3. The molecule has 0 aliphatic rings. The third kappa shape index (κ3) is 7.58. The summed E-state index contributed by atoms with van der Waals surface area (Å²) in [5, 5.41) is 10.3. The lowest BCUT2D eigenvalue weighted by molar-refractivity contribution is 0.00281. The van der Waals surface area contributed by atoms with Crippen LogP contribution in [0, 0.1) is 0 Å². The molecule has 2 rings (SSSR count). The Morgan fingerprint density at radius 2 is 1.96 bits per heavy atom. The van der Waals surface area contributed by atoms with Crippen molar-refractivity contribution in [1.29, 1.82) is 0 Å². The highest BCUT2D eigenvalue weighted by Gasteiger charge is 2.13. The molecule has 0 saturated carbocycles. The molecule has 0 spiro atoms. The van der Waals surface area contributed by atoms with Crippen LogP contribution >= 0.6 is 0 Å². The van der Waals surface area contributed by atoms with Crippen LogP contribution in [0.3, 0.4) is 0 Å². The minimum Gasteiger partial charge on any atom is -0.497 e. The van der Waals surface area contributed by atoms with E-state index in [-0.39, 0.29) is 6.61 Å². The molecule has 0 saturated heterocycles. The van der Waals surface area contributed by atoms with Crippen LogP contribution in [-0.4, -0.2) is 56.6 Å². The fraction of sp³-hybridized carbons (Fsp3) is 0.500. The van der Waals surface area contributed by atoms with Gasteiger partial charge in [-0.25, -0.2) is 0 Å². The van der Waals surface area contributed by atoms with Crippen molar-refractivity contribution in [3.63, 3.8) is 0 Å². The van der Waals surface area contributed by atoms with Gasteiger partial charge in [-0.05, 0) is 36.2 Å². The summed E-state index contributed by atoms with van der Waals surface area (Å²) in [6.07, 6.45) is 1.96. The Kier molecular flexibility index (Phi) is 9.20. The van der Waals surface area contributed by atoms with Crippen LogP contribution in [0.1, 0.15) is 17.7 Å². The third-order valence-corrected chi connectivity index (χ3v) is 3.99. The lowest BCUT2D eigenvalue weighted by atomic mass is 10.2. The number of nitrogens with zero attached hydrogens (tertiary/aromatic N) is 1. The van der Waals surface area contributed by atoms with E-state index in [0.29, 0.717) is 19.8 Å². The highest BCUT2D eigenvalue weighted by molar-refractivity contribution is 5.27. The molecule has 0 aliphatic heterocycles. The zero-order chi connectivity index (χ0) is 18.6. The molecular weight excluding hydrogens is 334 g/mol. The van der Waals surface area contributed by atoms with Gasteiger partial charge in [0.2, 0.25) is 0 Å². The van der Waals surface area contributed by atoms with Crippen molar-refractivity contribution >= 4 is 0 Å². The van der Waals surface area contributed by atoms with Gasteiger partial charge in [-0.15, -0.1) is 0 Å². The second-order valence-electron chi connectivity index (χ2n) is 6.18. The van der Waals surface area contributed by atoms with Crippen molar-refractivity contribution in [3.05, 3.63) is 54.0 Å². The molecule has 6 heteroatoms. The molecule has 0 radical (unpaired) electrons. The lowest BCUT2D eigenvalue weighted by Crippen LogP contribution is -2.35. The Labute approximate surface area is 155 Å². The first-order chi connectivity index (χ1) is 12.7. The minimum absolute atomic E-state index is 0.268. The number of rotatable bonds is 13. The minimum atomic E-state index is -0.564. The molecule has 0 fully saturated rings. The van der Waals surface area contributed by atoms with Crippen LogP contribution in [0.15, 0.2) is 47.1 Å². The van der Waals surface area contributed by atoms with Crippen molar-refractivity contribution in [1.82, 2.24) is 4.90 Å². The molecule has 26 heavy (non-hydrogen) atoms. The van der Waals surface area contributed by atoms with E-state index >= 15 is 0 Å². The Bertz CT molecular complexity index is 585. The number of hydrogen-bond donors (Lipinski definition) is 1. The van der Waals surface area contributed by atoms with Gasteiger partial charge in [0.05, 0.1) is 26.1 Å².